The quantitative estimate of drug-likeness (QED) is 0.391. The van der Waals surface area contributed by atoms with E-state index in [1.165, 1.54) is 23.0 Å². The van der Waals surface area contributed by atoms with Crippen molar-refractivity contribution in [3.8, 4) is 11.1 Å². The Morgan fingerprint density at radius 2 is 1.87 bits per heavy atom. The Hall–Kier alpha value is -3.86. The molecular formula is C28H31F2N7O2. The summed E-state index contributed by atoms with van der Waals surface area (Å²) in [7, 11) is 0. The van der Waals surface area contributed by atoms with Gasteiger partial charge < -0.3 is 15.0 Å². The van der Waals surface area contributed by atoms with Gasteiger partial charge in [0.25, 0.3) is 5.91 Å². The van der Waals surface area contributed by atoms with E-state index in [0.717, 1.165) is 35.6 Å². The minimum Gasteiger partial charge on any atom is -0.378 e. The fourth-order valence-corrected chi connectivity index (χ4v) is 4.92. The van der Waals surface area contributed by atoms with Crippen LogP contribution in [-0.4, -0.2) is 56.6 Å². The molecule has 9 nitrogen and oxygen atoms in total. The van der Waals surface area contributed by atoms with Gasteiger partial charge in [-0.3, -0.25) is 4.79 Å². The van der Waals surface area contributed by atoms with Crippen LogP contribution in [0, 0.1) is 18.7 Å². The molecule has 2 aliphatic rings. The van der Waals surface area contributed by atoms with Gasteiger partial charge in [0.2, 0.25) is 5.95 Å². The summed E-state index contributed by atoms with van der Waals surface area (Å²) in [6.45, 7) is 9.85. The highest BCUT2D eigenvalue weighted by Gasteiger charge is 2.30. The van der Waals surface area contributed by atoms with E-state index in [1.807, 2.05) is 12.3 Å². The lowest BCUT2D eigenvalue weighted by Crippen LogP contribution is -2.36. The number of nitrogens with zero attached hydrogens (tertiary/aromatic N) is 6. The minimum atomic E-state index is -0.757. The van der Waals surface area contributed by atoms with Crippen molar-refractivity contribution in [3.63, 3.8) is 0 Å². The van der Waals surface area contributed by atoms with Crippen LogP contribution >= 0.6 is 0 Å². The van der Waals surface area contributed by atoms with Gasteiger partial charge in [0.05, 0.1) is 36.2 Å². The van der Waals surface area contributed by atoms with E-state index in [0.29, 0.717) is 43.3 Å². The van der Waals surface area contributed by atoms with E-state index < -0.39 is 23.2 Å². The number of carbonyl (C=O) groups is 1. The standard InChI is InChI=1S/C28H31F2N7O2/c1-16-11-21(29)20(27(38)32-22-14-31-37(24(22)30)28(2,3)4)13-19(16)18-12-23(35-7-9-39-10-8-35)26-33-25(17-5-6-17)34-36(26)15-18/h11-15,17H,5-10H2,1-4H3,(H,32,38). The van der Waals surface area contributed by atoms with Crippen molar-refractivity contribution in [2.75, 3.05) is 36.5 Å². The topological polar surface area (TPSA) is 89.6 Å². The van der Waals surface area contributed by atoms with Gasteiger partial charge in [0.15, 0.2) is 11.5 Å². The number of aromatic nitrogens is 5. The van der Waals surface area contributed by atoms with Crippen LogP contribution in [0.5, 0.6) is 0 Å². The number of pyridine rings is 1. The van der Waals surface area contributed by atoms with Crippen LogP contribution in [0.15, 0.2) is 30.6 Å². The molecule has 1 N–H and O–H groups in total. The van der Waals surface area contributed by atoms with Crippen LogP contribution in [0.2, 0.25) is 0 Å². The highest BCUT2D eigenvalue weighted by molar-refractivity contribution is 6.05. The van der Waals surface area contributed by atoms with Crippen molar-refractivity contribution in [1.82, 2.24) is 24.4 Å². The molecule has 1 aliphatic heterocycles. The maximum atomic E-state index is 15.1. The second-order valence-electron chi connectivity index (χ2n) is 11.3. The molecule has 2 fully saturated rings. The number of benzene rings is 1. The number of amides is 1. The van der Waals surface area contributed by atoms with E-state index in [1.54, 1.807) is 32.2 Å². The minimum absolute atomic E-state index is 0.109. The van der Waals surface area contributed by atoms with E-state index in [-0.39, 0.29) is 11.3 Å². The third-order valence-electron chi connectivity index (χ3n) is 7.19. The first-order valence-corrected chi connectivity index (χ1v) is 13.2. The SMILES string of the molecule is Cc1cc(F)c(C(=O)Nc2cnn(C(C)(C)C)c2F)cc1-c1cc(N2CCOCC2)c2nc(C3CC3)nn2c1. The van der Waals surface area contributed by atoms with Gasteiger partial charge >= 0.3 is 0 Å². The Morgan fingerprint density at radius 3 is 2.54 bits per heavy atom. The van der Waals surface area contributed by atoms with Crippen LogP contribution in [0.25, 0.3) is 16.8 Å². The number of morpholine rings is 1. The molecule has 4 aromatic rings. The first-order chi connectivity index (χ1) is 18.6. The average molecular weight is 536 g/mol. The Bertz CT molecular complexity index is 1580. The number of halogens is 2. The summed E-state index contributed by atoms with van der Waals surface area (Å²) in [6.07, 6.45) is 5.27. The van der Waals surface area contributed by atoms with Crippen molar-refractivity contribution >= 4 is 22.9 Å². The average Bonchev–Trinajstić information content (AvgIpc) is 3.55. The van der Waals surface area contributed by atoms with Crippen LogP contribution in [0.4, 0.5) is 20.2 Å². The van der Waals surface area contributed by atoms with Crippen molar-refractivity contribution in [2.24, 2.45) is 0 Å². The molecule has 0 spiro atoms. The van der Waals surface area contributed by atoms with E-state index in [2.05, 4.69) is 15.3 Å². The first kappa shape index (κ1) is 25.4. The maximum absolute atomic E-state index is 15.1. The van der Waals surface area contributed by atoms with Crippen LogP contribution in [0.3, 0.4) is 0 Å². The van der Waals surface area contributed by atoms with Gasteiger partial charge in [-0.2, -0.15) is 14.6 Å². The molecule has 1 amide bonds. The lowest BCUT2D eigenvalue weighted by Gasteiger charge is -2.29. The molecule has 1 aromatic carbocycles. The number of rotatable bonds is 5. The van der Waals surface area contributed by atoms with Gasteiger partial charge in [-0.15, -0.1) is 0 Å². The fourth-order valence-electron chi connectivity index (χ4n) is 4.92. The van der Waals surface area contributed by atoms with Gasteiger partial charge in [-0.1, -0.05) is 0 Å². The van der Waals surface area contributed by atoms with Crippen molar-refractivity contribution in [2.45, 2.75) is 52.0 Å². The second-order valence-corrected chi connectivity index (χ2v) is 11.3. The van der Waals surface area contributed by atoms with Gasteiger partial charge in [-0.05, 0) is 69.9 Å². The summed E-state index contributed by atoms with van der Waals surface area (Å²) in [5.74, 6) is -0.926. The largest absolute Gasteiger partial charge is 0.378 e. The van der Waals surface area contributed by atoms with Crippen molar-refractivity contribution in [3.05, 3.63) is 59.3 Å². The predicted molar refractivity (Wildman–Crippen MR) is 143 cm³/mol. The monoisotopic (exact) mass is 535 g/mol. The molecule has 0 unspecified atom stereocenters. The molecule has 204 valence electrons. The molecule has 0 atom stereocenters. The summed E-state index contributed by atoms with van der Waals surface area (Å²) in [4.78, 5) is 20.2. The van der Waals surface area contributed by atoms with Crippen molar-refractivity contribution in [1.29, 1.82) is 0 Å². The number of ether oxygens (including phenoxy) is 1. The first-order valence-electron chi connectivity index (χ1n) is 13.2. The zero-order valence-corrected chi connectivity index (χ0v) is 22.5. The highest BCUT2D eigenvalue weighted by atomic mass is 19.1. The molecule has 0 bridgehead atoms. The predicted octanol–water partition coefficient (Wildman–Crippen LogP) is 4.90. The molecule has 6 rings (SSSR count). The number of aryl methyl sites for hydroxylation is 1. The van der Waals surface area contributed by atoms with E-state index in [9.17, 15) is 9.18 Å². The molecule has 3 aromatic heterocycles. The molecule has 11 heteroatoms. The number of anilines is 2. The number of nitrogens with one attached hydrogen (secondary N) is 1. The van der Waals surface area contributed by atoms with E-state index >= 15 is 4.39 Å². The Labute approximate surface area is 224 Å². The number of hydrogen-bond donors (Lipinski definition) is 1. The van der Waals surface area contributed by atoms with Crippen LogP contribution in [0.1, 0.15) is 61.3 Å². The third kappa shape index (κ3) is 4.75. The zero-order chi connectivity index (χ0) is 27.5. The Kier molecular flexibility index (Phi) is 6.13. The summed E-state index contributed by atoms with van der Waals surface area (Å²) >= 11 is 0. The number of carbonyl (C=O) groups excluding carboxylic acids is 1. The van der Waals surface area contributed by atoms with Gasteiger partial charge in [0.1, 0.15) is 11.5 Å². The summed E-state index contributed by atoms with van der Waals surface area (Å²) in [6, 6.07) is 4.85. The Balaban J connectivity index is 1.40. The molecule has 39 heavy (non-hydrogen) atoms. The summed E-state index contributed by atoms with van der Waals surface area (Å²) in [5, 5.41) is 11.3. The molecule has 1 saturated heterocycles. The molecule has 1 aliphatic carbocycles. The normalized spacial score (nSPS) is 16.2. The van der Waals surface area contributed by atoms with E-state index in [4.69, 9.17) is 14.8 Å². The molecular weight excluding hydrogens is 504 g/mol. The maximum Gasteiger partial charge on any atom is 0.258 e. The Morgan fingerprint density at radius 1 is 1.13 bits per heavy atom. The smallest absolute Gasteiger partial charge is 0.258 e. The zero-order valence-electron chi connectivity index (χ0n) is 22.5. The lowest BCUT2D eigenvalue weighted by molar-refractivity contribution is 0.102. The van der Waals surface area contributed by atoms with Crippen molar-refractivity contribution < 1.29 is 18.3 Å². The summed E-state index contributed by atoms with van der Waals surface area (Å²) in [5.41, 5.74) is 2.87. The molecule has 4 heterocycles. The number of hydrogen-bond acceptors (Lipinski definition) is 6. The third-order valence-corrected chi connectivity index (χ3v) is 7.19. The highest BCUT2D eigenvalue weighted by Crippen LogP contribution is 2.39. The molecule has 1 saturated carbocycles. The lowest BCUT2D eigenvalue weighted by atomic mass is 9.98. The van der Waals surface area contributed by atoms with Crippen LogP contribution in [-0.2, 0) is 10.3 Å². The fraction of sp³-hybridized carbons (Fsp3) is 0.429. The van der Waals surface area contributed by atoms with Gasteiger partial charge in [-0.25, -0.2) is 18.6 Å². The van der Waals surface area contributed by atoms with Crippen LogP contribution < -0.4 is 10.2 Å². The summed E-state index contributed by atoms with van der Waals surface area (Å²) < 4.78 is 38.5. The number of fused-ring (bicyclic) bond motifs is 1. The van der Waals surface area contributed by atoms with Gasteiger partial charge in [0, 0.05) is 30.8 Å². The second kappa shape index (κ2) is 9.41. The molecule has 0 radical (unpaired) electrons.